The van der Waals surface area contributed by atoms with E-state index in [1.54, 1.807) is 24.2 Å². The van der Waals surface area contributed by atoms with Gasteiger partial charge in [0.2, 0.25) is 0 Å². The molecule has 1 amide bonds. The Kier molecular flexibility index (Phi) is 3.96. The minimum Gasteiger partial charge on any atom is -0.459 e. The Labute approximate surface area is 105 Å². The number of likely N-dealkylation sites (tertiary alicyclic amines) is 1. The maximum atomic E-state index is 11.7. The summed E-state index contributed by atoms with van der Waals surface area (Å²) in [6.07, 6.45) is 5.16. The average molecular weight is 251 g/mol. The number of hydrogen-bond donors (Lipinski definition) is 1. The van der Waals surface area contributed by atoms with Gasteiger partial charge in [-0.25, -0.2) is 9.78 Å². The Hall–Kier alpha value is -1.85. The van der Waals surface area contributed by atoms with Crippen LogP contribution in [-0.2, 0) is 14.3 Å². The summed E-state index contributed by atoms with van der Waals surface area (Å²) in [5, 5.41) is 0. The van der Waals surface area contributed by atoms with Crippen molar-refractivity contribution < 1.29 is 14.3 Å². The van der Waals surface area contributed by atoms with Crippen LogP contribution in [0.3, 0.4) is 0 Å². The predicted molar refractivity (Wildman–Crippen MR) is 63.8 cm³/mol. The van der Waals surface area contributed by atoms with Crippen molar-refractivity contribution in [2.75, 3.05) is 19.7 Å². The van der Waals surface area contributed by atoms with Gasteiger partial charge in [0.1, 0.15) is 5.82 Å². The van der Waals surface area contributed by atoms with Gasteiger partial charge in [-0.2, -0.15) is 0 Å². The van der Waals surface area contributed by atoms with Crippen LogP contribution < -0.4 is 0 Å². The van der Waals surface area contributed by atoms with E-state index in [0.717, 1.165) is 18.7 Å². The van der Waals surface area contributed by atoms with E-state index >= 15 is 0 Å². The molecule has 0 radical (unpaired) electrons. The minimum absolute atomic E-state index is 0.230. The van der Waals surface area contributed by atoms with Crippen molar-refractivity contribution in [2.45, 2.75) is 25.7 Å². The maximum absolute atomic E-state index is 11.7. The van der Waals surface area contributed by atoms with E-state index in [-0.39, 0.29) is 6.61 Å². The molecule has 1 fully saturated rings. The lowest BCUT2D eigenvalue weighted by Crippen LogP contribution is -2.42. The molecule has 1 aromatic rings. The SMILES string of the molecule is CCOC(=O)C(=O)N1CCC(c2ncc[nH]2)CC1. The first-order valence-corrected chi connectivity index (χ1v) is 6.17. The molecule has 1 aromatic heterocycles. The second-order valence-corrected chi connectivity index (χ2v) is 4.26. The summed E-state index contributed by atoms with van der Waals surface area (Å²) in [7, 11) is 0. The average Bonchev–Trinajstić information content (AvgIpc) is 2.92. The smallest absolute Gasteiger partial charge is 0.397 e. The highest BCUT2D eigenvalue weighted by atomic mass is 16.5. The van der Waals surface area contributed by atoms with Crippen LogP contribution in [0.5, 0.6) is 0 Å². The molecule has 0 aromatic carbocycles. The highest BCUT2D eigenvalue weighted by Gasteiger charge is 2.29. The lowest BCUT2D eigenvalue weighted by molar-refractivity contribution is -0.160. The Morgan fingerprint density at radius 2 is 2.22 bits per heavy atom. The summed E-state index contributed by atoms with van der Waals surface area (Å²) in [6.45, 7) is 3.06. The standard InChI is InChI=1S/C12H17N3O3/c1-2-18-12(17)11(16)15-7-3-9(4-8-15)10-13-5-6-14-10/h5-6,9H,2-4,7-8H2,1H3,(H,13,14). The van der Waals surface area contributed by atoms with Crippen LogP contribution >= 0.6 is 0 Å². The van der Waals surface area contributed by atoms with E-state index in [1.165, 1.54) is 0 Å². The van der Waals surface area contributed by atoms with Crippen molar-refractivity contribution in [1.82, 2.24) is 14.9 Å². The van der Waals surface area contributed by atoms with E-state index in [0.29, 0.717) is 19.0 Å². The van der Waals surface area contributed by atoms with Crippen molar-refractivity contribution in [3.05, 3.63) is 18.2 Å². The molecule has 1 N–H and O–H groups in total. The van der Waals surface area contributed by atoms with Gasteiger partial charge in [0, 0.05) is 31.4 Å². The van der Waals surface area contributed by atoms with Crippen molar-refractivity contribution in [2.24, 2.45) is 0 Å². The van der Waals surface area contributed by atoms with Crippen molar-refractivity contribution in [3.63, 3.8) is 0 Å². The number of amides is 1. The summed E-state index contributed by atoms with van der Waals surface area (Å²) in [6, 6.07) is 0. The lowest BCUT2D eigenvalue weighted by Gasteiger charge is -2.30. The van der Waals surface area contributed by atoms with Crippen LogP contribution in [0.25, 0.3) is 0 Å². The number of carbonyl (C=O) groups is 2. The Bertz CT molecular complexity index is 408. The second kappa shape index (κ2) is 5.66. The zero-order chi connectivity index (χ0) is 13.0. The molecule has 98 valence electrons. The van der Waals surface area contributed by atoms with Crippen LogP contribution in [0.15, 0.2) is 12.4 Å². The number of rotatable bonds is 2. The van der Waals surface area contributed by atoms with Gasteiger partial charge in [-0.15, -0.1) is 0 Å². The molecule has 0 aliphatic carbocycles. The van der Waals surface area contributed by atoms with Gasteiger partial charge < -0.3 is 14.6 Å². The third-order valence-electron chi connectivity index (χ3n) is 3.14. The monoisotopic (exact) mass is 251 g/mol. The molecule has 6 nitrogen and oxygen atoms in total. The summed E-state index contributed by atoms with van der Waals surface area (Å²) in [4.78, 5) is 31.9. The lowest BCUT2D eigenvalue weighted by atomic mass is 9.96. The van der Waals surface area contributed by atoms with E-state index in [2.05, 4.69) is 9.97 Å². The first kappa shape index (κ1) is 12.6. The van der Waals surface area contributed by atoms with Gasteiger partial charge in [0.25, 0.3) is 0 Å². The molecule has 2 heterocycles. The molecule has 6 heteroatoms. The fraction of sp³-hybridized carbons (Fsp3) is 0.583. The summed E-state index contributed by atoms with van der Waals surface area (Å²) in [5.41, 5.74) is 0. The fourth-order valence-electron chi connectivity index (χ4n) is 2.18. The topological polar surface area (TPSA) is 75.3 Å². The molecule has 0 unspecified atom stereocenters. The van der Waals surface area contributed by atoms with Crippen LogP contribution in [0, 0.1) is 0 Å². The third-order valence-corrected chi connectivity index (χ3v) is 3.14. The number of aromatic nitrogens is 2. The Morgan fingerprint density at radius 1 is 1.50 bits per heavy atom. The van der Waals surface area contributed by atoms with Gasteiger partial charge in [-0.3, -0.25) is 4.79 Å². The molecule has 0 bridgehead atoms. The number of piperidine rings is 1. The zero-order valence-corrected chi connectivity index (χ0v) is 10.4. The van der Waals surface area contributed by atoms with Gasteiger partial charge in [0.15, 0.2) is 0 Å². The molecule has 0 saturated carbocycles. The van der Waals surface area contributed by atoms with Crippen molar-refractivity contribution in [3.8, 4) is 0 Å². The molecule has 2 rings (SSSR count). The maximum Gasteiger partial charge on any atom is 0.397 e. The summed E-state index contributed by atoms with van der Waals surface area (Å²) >= 11 is 0. The molecular weight excluding hydrogens is 234 g/mol. The van der Waals surface area contributed by atoms with Crippen LogP contribution in [0.2, 0.25) is 0 Å². The van der Waals surface area contributed by atoms with Crippen LogP contribution in [-0.4, -0.2) is 46.4 Å². The number of carbonyl (C=O) groups excluding carboxylic acids is 2. The molecule has 1 saturated heterocycles. The number of nitrogens with zero attached hydrogens (tertiary/aromatic N) is 2. The summed E-state index contributed by atoms with van der Waals surface area (Å²) in [5.74, 6) is 0.00757. The van der Waals surface area contributed by atoms with Crippen LogP contribution in [0.1, 0.15) is 31.5 Å². The minimum atomic E-state index is -0.756. The summed E-state index contributed by atoms with van der Waals surface area (Å²) < 4.78 is 4.71. The van der Waals surface area contributed by atoms with E-state index in [1.807, 2.05) is 0 Å². The van der Waals surface area contributed by atoms with Gasteiger partial charge in [-0.05, 0) is 19.8 Å². The fourth-order valence-corrected chi connectivity index (χ4v) is 2.18. The highest BCUT2D eigenvalue weighted by Crippen LogP contribution is 2.25. The van der Waals surface area contributed by atoms with Crippen molar-refractivity contribution >= 4 is 11.9 Å². The largest absolute Gasteiger partial charge is 0.459 e. The third kappa shape index (κ3) is 2.69. The van der Waals surface area contributed by atoms with Crippen LogP contribution in [0.4, 0.5) is 0 Å². The highest BCUT2D eigenvalue weighted by molar-refractivity contribution is 6.32. The quantitative estimate of drug-likeness (QED) is 0.619. The van der Waals surface area contributed by atoms with E-state index in [4.69, 9.17) is 4.74 Å². The van der Waals surface area contributed by atoms with E-state index < -0.39 is 11.9 Å². The molecule has 0 spiro atoms. The first-order chi connectivity index (χ1) is 8.72. The van der Waals surface area contributed by atoms with Gasteiger partial charge >= 0.3 is 11.9 Å². The molecule has 1 aliphatic heterocycles. The number of aromatic amines is 1. The Morgan fingerprint density at radius 3 is 2.78 bits per heavy atom. The molecule has 1 aliphatic rings. The number of ether oxygens (including phenoxy) is 1. The molecule has 0 atom stereocenters. The number of esters is 1. The van der Waals surface area contributed by atoms with Gasteiger partial charge in [0.05, 0.1) is 6.61 Å². The number of H-pyrrole nitrogens is 1. The van der Waals surface area contributed by atoms with E-state index in [9.17, 15) is 9.59 Å². The second-order valence-electron chi connectivity index (χ2n) is 4.26. The number of nitrogens with one attached hydrogen (secondary N) is 1. The zero-order valence-electron chi connectivity index (χ0n) is 10.4. The molecular formula is C12H17N3O3. The molecule has 18 heavy (non-hydrogen) atoms. The predicted octanol–water partition coefficient (Wildman–Crippen LogP) is 0.679. The number of hydrogen-bond acceptors (Lipinski definition) is 4. The normalized spacial score (nSPS) is 16.6. The number of imidazole rings is 1. The Balaban J connectivity index is 1.87. The van der Waals surface area contributed by atoms with Gasteiger partial charge in [-0.1, -0.05) is 0 Å². The first-order valence-electron chi connectivity index (χ1n) is 6.17. The van der Waals surface area contributed by atoms with Crippen molar-refractivity contribution in [1.29, 1.82) is 0 Å².